The molecule has 1 fully saturated rings. The number of fused-ring (bicyclic) bond motifs is 1. The Hall–Kier alpha value is -3.03. The lowest BCUT2D eigenvalue weighted by Gasteiger charge is -2.21. The summed E-state index contributed by atoms with van der Waals surface area (Å²) in [6.45, 7) is 1.23. The molecule has 1 aromatic carbocycles. The highest BCUT2D eigenvalue weighted by Gasteiger charge is 2.50. The molecule has 0 aromatic heterocycles. The van der Waals surface area contributed by atoms with Gasteiger partial charge in [0.25, 0.3) is 5.91 Å². The molecule has 8 heteroatoms. The molecule has 3 rings (SSSR count). The largest absolute Gasteiger partial charge is 0.454 e. The smallest absolute Gasteiger partial charge is 0.329 e. The second-order valence-electron chi connectivity index (χ2n) is 7.21. The molecule has 2 aliphatic rings. The summed E-state index contributed by atoms with van der Waals surface area (Å²) in [5.41, 5.74) is 0.860. The van der Waals surface area contributed by atoms with Crippen LogP contribution in [0.5, 0.6) is 0 Å². The third-order valence-electron chi connectivity index (χ3n) is 5.26. The molecule has 0 unspecified atom stereocenters. The number of nitrogens with zero attached hydrogens (tertiary/aromatic N) is 1. The van der Waals surface area contributed by atoms with Crippen molar-refractivity contribution in [1.82, 2.24) is 10.2 Å². The molecule has 1 aliphatic heterocycles. The van der Waals surface area contributed by atoms with Crippen molar-refractivity contribution in [1.29, 1.82) is 0 Å². The van der Waals surface area contributed by atoms with Crippen molar-refractivity contribution in [2.45, 2.75) is 32.2 Å². The maximum absolute atomic E-state index is 12.9. The molecule has 7 nitrogen and oxygen atoms in total. The number of ether oxygens (including phenoxy) is 1. The van der Waals surface area contributed by atoms with Crippen LogP contribution in [0.2, 0.25) is 0 Å². The molecule has 1 saturated heterocycles. The molecule has 0 bridgehead atoms. The van der Waals surface area contributed by atoms with Crippen LogP contribution in [0, 0.1) is 17.7 Å². The topological polar surface area (TPSA) is 92.8 Å². The van der Waals surface area contributed by atoms with Crippen LogP contribution in [0.1, 0.15) is 25.3 Å². The fraction of sp³-hybridized carbons (Fsp3) is 0.429. The average Bonchev–Trinajstić information content (AvgIpc) is 2.98. The molecular weight excluding hydrogens is 379 g/mol. The molecule has 0 saturated carbocycles. The van der Waals surface area contributed by atoms with E-state index in [0.717, 1.165) is 10.5 Å². The Morgan fingerprint density at radius 1 is 1.14 bits per heavy atom. The van der Waals surface area contributed by atoms with E-state index in [0.29, 0.717) is 25.8 Å². The number of amides is 3. The van der Waals surface area contributed by atoms with E-state index in [2.05, 4.69) is 5.32 Å². The summed E-state index contributed by atoms with van der Waals surface area (Å²) in [5.74, 6) is -3.19. The van der Waals surface area contributed by atoms with Gasteiger partial charge in [0.2, 0.25) is 11.8 Å². The average molecular weight is 402 g/mol. The first-order valence-corrected chi connectivity index (χ1v) is 9.58. The highest BCUT2D eigenvalue weighted by Crippen LogP contribution is 2.36. The zero-order chi connectivity index (χ0) is 21.0. The molecule has 3 atom stereocenters. The lowest BCUT2D eigenvalue weighted by Crippen LogP contribution is -2.45. The van der Waals surface area contributed by atoms with Gasteiger partial charge in [-0.05, 0) is 43.9 Å². The van der Waals surface area contributed by atoms with Gasteiger partial charge in [-0.1, -0.05) is 24.3 Å². The van der Waals surface area contributed by atoms with Gasteiger partial charge in [0, 0.05) is 6.54 Å². The van der Waals surface area contributed by atoms with Gasteiger partial charge in [-0.15, -0.1) is 0 Å². The summed E-state index contributed by atoms with van der Waals surface area (Å²) in [4.78, 5) is 50.1. The Labute approximate surface area is 167 Å². The Kier molecular flexibility index (Phi) is 6.41. The number of halogens is 1. The summed E-state index contributed by atoms with van der Waals surface area (Å²) in [5, 5.41) is 2.60. The number of esters is 1. The molecule has 1 N–H and O–H groups in total. The van der Waals surface area contributed by atoms with E-state index < -0.39 is 36.4 Å². The van der Waals surface area contributed by atoms with E-state index >= 15 is 0 Å². The number of imide groups is 1. The third-order valence-corrected chi connectivity index (χ3v) is 5.26. The third kappa shape index (κ3) is 4.70. The monoisotopic (exact) mass is 402 g/mol. The number of hydrogen-bond acceptors (Lipinski definition) is 5. The quantitative estimate of drug-likeness (QED) is 0.422. The van der Waals surface area contributed by atoms with Crippen molar-refractivity contribution in [3.05, 3.63) is 47.8 Å². The van der Waals surface area contributed by atoms with E-state index in [-0.39, 0.29) is 17.6 Å². The minimum Gasteiger partial charge on any atom is -0.454 e. The van der Waals surface area contributed by atoms with Crippen LogP contribution in [0.3, 0.4) is 0 Å². The van der Waals surface area contributed by atoms with Gasteiger partial charge in [0.05, 0.1) is 11.8 Å². The molecule has 3 amide bonds. The standard InChI is InChI=1S/C21H23FN2O5/c1-13(24-19(26)16-4-2-3-5-17(16)20(24)27)21(28)29-12-18(25)23-11-10-14-6-8-15(22)9-7-14/h2-3,6-9,13,16-17H,4-5,10-12H2,1H3,(H,23,25)/t13-,16-,17+/m0/s1. The first-order valence-electron chi connectivity index (χ1n) is 9.58. The van der Waals surface area contributed by atoms with Gasteiger partial charge in [0.1, 0.15) is 11.9 Å². The minimum absolute atomic E-state index is 0.303. The van der Waals surface area contributed by atoms with E-state index in [1.54, 1.807) is 12.1 Å². The molecule has 29 heavy (non-hydrogen) atoms. The van der Waals surface area contributed by atoms with Crippen molar-refractivity contribution in [3.8, 4) is 0 Å². The van der Waals surface area contributed by atoms with Crippen molar-refractivity contribution < 1.29 is 28.3 Å². The number of carbonyl (C=O) groups is 4. The van der Waals surface area contributed by atoms with E-state index in [4.69, 9.17) is 4.74 Å². The van der Waals surface area contributed by atoms with Crippen LogP contribution in [0.25, 0.3) is 0 Å². The summed E-state index contributed by atoms with van der Waals surface area (Å²) in [7, 11) is 0. The van der Waals surface area contributed by atoms with Crippen LogP contribution in [0.4, 0.5) is 4.39 Å². The highest BCUT2D eigenvalue weighted by atomic mass is 19.1. The number of nitrogens with one attached hydrogen (secondary N) is 1. The molecule has 1 aliphatic carbocycles. The minimum atomic E-state index is -1.08. The Bertz CT molecular complexity index is 810. The second-order valence-corrected chi connectivity index (χ2v) is 7.21. The van der Waals surface area contributed by atoms with Gasteiger partial charge >= 0.3 is 5.97 Å². The molecule has 154 valence electrons. The predicted molar refractivity (Wildman–Crippen MR) is 101 cm³/mol. The summed E-state index contributed by atoms with van der Waals surface area (Å²) >= 11 is 0. The predicted octanol–water partition coefficient (Wildman–Crippen LogP) is 1.37. The normalized spacial score (nSPS) is 21.7. The molecule has 1 aromatic rings. The molecule has 1 heterocycles. The fourth-order valence-corrected chi connectivity index (χ4v) is 3.62. The van der Waals surface area contributed by atoms with Crippen molar-refractivity contribution in [2.75, 3.05) is 13.2 Å². The number of hydrogen-bond donors (Lipinski definition) is 1. The number of carbonyl (C=O) groups excluding carboxylic acids is 4. The summed E-state index contributed by atoms with van der Waals surface area (Å²) in [6, 6.07) is 4.86. The first kappa shape index (κ1) is 20.7. The number of allylic oxidation sites excluding steroid dienone is 2. The maximum atomic E-state index is 12.9. The SMILES string of the molecule is C[C@@H](C(=O)OCC(=O)NCCc1ccc(F)cc1)N1C(=O)[C@H]2CC=CC[C@H]2C1=O. The Morgan fingerprint density at radius 3 is 2.31 bits per heavy atom. The zero-order valence-corrected chi connectivity index (χ0v) is 16.1. The van der Waals surface area contributed by atoms with Crippen LogP contribution in [0.15, 0.2) is 36.4 Å². The fourth-order valence-electron chi connectivity index (χ4n) is 3.62. The Balaban J connectivity index is 1.43. The van der Waals surface area contributed by atoms with E-state index in [1.807, 2.05) is 12.2 Å². The molecule has 0 radical (unpaired) electrons. The maximum Gasteiger partial charge on any atom is 0.329 e. The van der Waals surface area contributed by atoms with Gasteiger partial charge in [0.15, 0.2) is 6.61 Å². The van der Waals surface area contributed by atoms with Gasteiger partial charge in [-0.3, -0.25) is 19.3 Å². The summed E-state index contributed by atoms with van der Waals surface area (Å²) in [6.07, 6.45) is 5.22. The highest BCUT2D eigenvalue weighted by molar-refractivity contribution is 6.08. The second kappa shape index (κ2) is 8.98. The Morgan fingerprint density at radius 2 is 1.72 bits per heavy atom. The van der Waals surface area contributed by atoms with Crippen LogP contribution < -0.4 is 5.32 Å². The van der Waals surface area contributed by atoms with Gasteiger partial charge in [-0.2, -0.15) is 0 Å². The molecular formula is C21H23FN2O5. The number of likely N-dealkylation sites (tertiary alicyclic amines) is 1. The number of benzene rings is 1. The van der Waals surface area contributed by atoms with Crippen molar-refractivity contribution in [3.63, 3.8) is 0 Å². The molecule has 0 spiro atoms. The summed E-state index contributed by atoms with van der Waals surface area (Å²) < 4.78 is 17.8. The lowest BCUT2D eigenvalue weighted by atomic mass is 9.85. The number of rotatable bonds is 7. The van der Waals surface area contributed by atoms with E-state index in [9.17, 15) is 23.6 Å². The van der Waals surface area contributed by atoms with E-state index in [1.165, 1.54) is 19.1 Å². The van der Waals surface area contributed by atoms with Crippen LogP contribution >= 0.6 is 0 Å². The lowest BCUT2D eigenvalue weighted by molar-refractivity contribution is -0.159. The van der Waals surface area contributed by atoms with Crippen LogP contribution in [-0.2, 0) is 30.3 Å². The first-order chi connectivity index (χ1) is 13.9. The van der Waals surface area contributed by atoms with Gasteiger partial charge in [-0.25, -0.2) is 9.18 Å². The van der Waals surface area contributed by atoms with Crippen molar-refractivity contribution in [2.24, 2.45) is 11.8 Å². The van der Waals surface area contributed by atoms with Crippen LogP contribution in [-0.4, -0.2) is 47.8 Å². The van der Waals surface area contributed by atoms with Crippen molar-refractivity contribution >= 4 is 23.7 Å². The van der Waals surface area contributed by atoms with Gasteiger partial charge < -0.3 is 10.1 Å². The zero-order valence-electron chi connectivity index (χ0n) is 16.1.